The normalized spacial score (nSPS) is 9.71. The van der Waals surface area contributed by atoms with E-state index in [1.54, 1.807) is 7.11 Å². The van der Waals surface area contributed by atoms with Crippen molar-refractivity contribution in [3.8, 4) is 29.2 Å². The van der Waals surface area contributed by atoms with Crippen molar-refractivity contribution in [1.82, 2.24) is 0 Å². The number of aryl methyl sites for hydroxylation is 1. The minimum Gasteiger partial charge on any atom is -0.497 e. The molecule has 0 spiro atoms. The van der Waals surface area contributed by atoms with Crippen molar-refractivity contribution in [3.63, 3.8) is 0 Å². The third-order valence-electron chi connectivity index (χ3n) is 2.65. The second kappa shape index (κ2) is 4.76. The highest BCUT2D eigenvalue weighted by Crippen LogP contribution is 2.25. The summed E-state index contributed by atoms with van der Waals surface area (Å²) in [6.07, 6.45) is 5.45. The number of hydrogen-bond acceptors (Lipinski definition) is 1. The molecule has 0 aromatic heterocycles. The van der Waals surface area contributed by atoms with Crippen molar-refractivity contribution in [2.75, 3.05) is 7.11 Å². The number of rotatable bonds is 2. The number of terminal acetylenes is 1. The first-order valence-corrected chi connectivity index (χ1v) is 5.45. The highest BCUT2D eigenvalue weighted by molar-refractivity contribution is 5.67. The Balaban J connectivity index is 2.52. The van der Waals surface area contributed by atoms with E-state index in [-0.39, 0.29) is 0 Å². The topological polar surface area (TPSA) is 9.23 Å². The van der Waals surface area contributed by atoms with E-state index in [0.717, 1.165) is 22.4 Å². The minimum absolute atomic E-state index is 0.853. The quantitative estimate of drug-likeness (QED) is 0.705. The maximum absolute atomic E-state index is 5.45. The summed E-state index contributed by atoms with van der Waals surface area (Å²) < 4.78 is 5.22. The van der Waals surface area contributed by atoms with Crippen LogP contribution in [0, 0.1) is 19.3 Å². The SMILES string of the molecule is C#Cc1cc(C)cc(-c2cccc(OC)c2)c1. The molecule has 0 atom stereocenters. The lowest BCUT2D eigenvalue weighted by Crippen LogP contribution is -1.86. The Morgan fingerprint density at radius 2 is 1.88 bits per heavy atom. The first-order chi connectivity index (χ1) is 8.22. The van der Waals surface area contributed by atoms with Gasteiger partial charge in [0.1, 0.15) is 5.75 Å². The molecule has 0 aliphatic heterocycles. The predicted molar refractivity (Wildman–Crippen MR) is 71.1 cm³/mol. The Hall–Kier alpha value is -2.20. The van der Waals surface area contributed by atoms with Gasteiger partial charge in [-0.15, -0.1) is 6.42 Å². The van der Waals surface area contributed by atoms with Crippen LogP contribution in [0.1, 0.15) is 11.1 Å². The van der Waals surface area contributed by atoms with E-state index in [1.807, 2.05) is 37.3 Å². The van der Waals surface area contributed by atoms with Crippen molar-refractivity contribution >= 4 is 0 Å². The largest absolute Gasteiger partial charge is 0.497 e. The van der Waals surface area contributed by atoms with Gasteiger partial charge in [0.15, 0.2) is 0 Å². The Bertz CT molecular complexity index is 576. The third-order valence-corrected chi connectivity index (χ3v) is 2.65. The van der Waals surface area contributed by atoms with Crippen LogP contribution < -0.4 is 4.74 Å². The number of benzene rings is 2. The van der Waals surface area contributed by atoms with Gasteiger partial charge in [0.2, 0.25) is 0 Å². The molecule has 0 heterocycles. The first-order valence-electron chi connectivity index (χ1n) is 5.45. The average molecular weight is 222 g/mol. The van der Waals surface area contributed by atoms with Crippen molar-refractivity contribution < 1.29 is 4.74 Å². The molecular weight excluding hydrogens is 208 g/mol. The summed E-state index contributed by atoms with van der Waals surface area (Å²) in [6, 6.07) is 14.1. The molecule has 0 N–H and O–H groups in total. The fourth-order valence-corrected chi connectivity index (χ4v) is 1.84. The van der Waals surface area contributed by atoms with Gasteiger partial charge in [0, 0.05) is 5.56 Å². The van der Waals surface area contributed by atoms with Crippen LogP contribution in [0.15, 0.2) is 42.5 Å². The molecule has 0 fully saturated rings. The lowest BCUT2D eigenvalue weighted by Gasteiger charge is -2.06. The summed E-state index contributed by atoms with van der Waals surface area (Å²) in [4.78, 5) is 0. The highest BCUT2D eigenvalue weighted by atomic mass is 16.5. The van der Waals surface area contributed by atoms with Gasteiger partial charge >= 0.3 is 0 Å². The first kappa shape index (κ1) is 11.3. The summed E-state index contributed by atoms with van der Waals surface area (Å²) >= 11 is 0. The molecule has 17 heavy (non-hydrogen) atoms. The zero-order valence-electron chi connectivity index (χ0n) is 10.0. The predicted octanol–water partition coefficient (Wildman–Crippen LogP) is 3.65. The molecule has 1 heteroatoms. The summed E-state index contributed by atoms with van der Waals surface area (Å²) in [6.45, 7) is 2.05. The van der Waals surface area contributed by atoms with Gasteiger partial charge in [-0.1, -0.05) is 24.1 Å². The molecule has 84 valence electrons. The molecule has 0 unspecified atom stereocenters. The van der Waals surface area contributed by atoms with E-state index < -0.39 is 0 Å². The Morgan fingerprint density at radius 1 is 1.06 bits per heavy atom. The molecule has 0 radical (unpaired) electrons. The van der Waals surface area contributed by atoms with Crippen molar-refractivity contribution in [2.24, 2.45) is 0 Å². The van der Waals surface area contributed by atoms with Gasteiger partial charge in [-0.3, -0.25) is 0 Å². The van der Waals surface area contributed by atoms with Gasteiger partial charge in [-0.2, -0.15) is 0 Å². The fraction of sp³-hybridized carbons (Fsp3) is 0.125. The summed E-state index contributed by atoms with van der Waals surface area (Å²) in [7, 11) is 1.67. The van der Waals surface area contributed by atoms with Gasteiger partial charge in [0.05, 0.1) is 7.11 Å². The maximum atomic E-state index is 5.45. The van der Waals surface area contributed by atoms with Crippen LogP contribution in [0.2, 0.25) is 0 Å². The van der Waals surface area contributed by atoms with Crippen LogP contribution in [0.5, 0.6) is 5.75 Å². The van der Waals surface area contributed by atoms with E-state index in [9.17, 15) is 0 Å². The number of hydrogen-bond donors (Lipinski definition) is 0. The smallest absolute Gasteiger partial charge is 0.119 e. The van der Waals surface area contributed by atoms with Crippen molar-refractivity contribution in [2.45, 2.75) is 6.92 Å². The lowest BCUT2D eigenvalue weighted by atomic mass is 10.0. The van der Waals surface area contributed by atoms with Gasteiger partial charge in [0.25, 0.3) is 0 Å². The van der Waals surface area contributed by atoms with Crippen molar-refractivity contribution in [1.29, 1.82) is 0 Å². The standard InChI is InChI=1S/C16H14O/c1-4-13-8-12(2)9-15(10-13)14-6-5-7-16(11-14)17-3/h1,5-11H,2-3H3. The molecule has 1 nitrogen and oxygen atoms in total. The van der Waals surface area contributed by atoms with E-state index in [2.05, 4.69) is 18.1 Å². The third kappa shape index (κ3) is 2.49. The molecule has 0 saturated heterocycles. The maximum Gasteiger partial charge on any atom is 0.119 e. The van der Waals surface area contributed by atoms with Crippen LogP contribution in [-0.4, -0.2) is 7.11 Å². The number of methoxy groups -OCH3 is 1. The van der Waals surface area contributed by atoms with Crippen LogP contribution in [0.3, 0.4) is 0 Å². The van der Waals surface area contributed by atoms with Gasteiger partial charge < -0.3 is 4.74 Å². The fourth-order valence-electron chi connectivity index (χ4n) is 1.84. The second-order valence-corrected chi connectivity index (χ2v) is 3.96. The summed E-state index contributed by atoms with van der Waals surface area (Å²) in [5, 5.41) is 0. The van der Waals surface area contributed by atoms with Crippen LogP contribution in [-0.2, 0) is 0 Å². The second-order valence-electron chi connectivity index (χ2n) is 3.96. The molecule has 2 aromatic rings. The minimum atomic E-state index is 0.853. The Labute approximate surface area is 102 Å². The van der Waals surface area contributed by atoms with Crippen LogP contribution in [0.25, 0.3) is 11.1 Å². The zero-order chi connectivity index (χ0) is 12.3. The number of ether oxygens (including phenoxy) is 1. The van der Waals surface area contributed by atoms with Crippen molar-refractivity contribution in [3.05, 3.63) is 53.6 Å². The molecule has 0 bridgehead atoms. The molecule has 0 saturated carbocycles. The van der Waals surface area contributed by atoms with E-state index in [0.29, 0.717) is 0 Å². The molecule has 2 aromatic carbocycles. The highest BCUT2D eigenvalue weighted by Gasteiger charge is 2.01. The van der Waals surface area contributed by atoms with Crippen LogP contribution >= 0.6 is 0 Å². The summed E-state index contributed by atoms with van der Waals surface area (Å²) in [5.41, 5.74) is 4.31. The van der Waals surface area contributed by atoms with E-state index >= 15 is 0 Å². The lowest BCUT2D eigenvalue weighted by molar-refractivity contribution is 0.415. The molecule has 2 rings (SSSR count). The van der Waals surface area contributed by atoms with E-state index in [1.165, 1.54) is 5.56 Å². The molecule has 0 aliphatic rings. The Kier molecular flexibility index (Phi) is 3.16. The van der Waals surface area contributed by atoms with Gasteiger partial charge in [-0.05, 0) is 47.9 Å². The van der Waals surface area contributed by atoms with Crippen LogP contribution in [0.4, 0.5) is 0 Å². The molecular formula is C16H14O. The van der Waals surface area contributed by atoms with Gasteiger partial charge in [-0.25, -0.2) is 0 Å². The monoisotopic (exact) mass is 222 g/mol. The molecule has 0 amide bonds. The summed E-state index contributed by atoms with van der Waals surface area (Å²) in [5.74, 6) is 3.53. The average Bonchev–Trinajstić information content (AvgIpc) is 2.38. The van der Waals surface area contributed by atoms with E-state index in [4.69, 9.17) is 11.2 Å². The Morgan fingerprint density at radius 3 is 2.59 bits per heavy atom. The molecule has 0 aliphatic carbocycles. The zero-order valence-corrected chi connectivity index (χ0v) is 10.0.